The average molecular weight is 1920 g/mol. The van der Waals surface area contributed by atoms with Crippen molar-refractivity contribution in [3.8, 4) is 225 Å². The molecule has 26 rings (SSSR count). The van der Waals surface area contributed by atoms with Gasteiger partial charge in [0.2, 0.25) is 0 Å². The lowest BCUT2D eigenvalue weighted by Crippen LogP contribution is -1.93. The highest BCUT2D eigenvalue weighted by Gasteiger charge is 2.21. The fraction of sp³-hybridized carbons (Fsp3) is 0. The van der Waals surface area contributed by atoms with Gasteiger partial charge in [-0.25, -0.2) is 34.9 Å². The first kappa shape index (κ1) is 92.2. The molecule has 0 aliphatic heterocycles. The Morgan fingerprint density at radius 1 is 0.107 bits per heavy atom. The SMILES string of the molecule is c1ccc(-c2cc(-c3ccccc3)nc(-c3ccc(-c4cc5ccccc5c(-c5ccc(-c6cc(-c7ccccc7)nc(-c7ccccc7)c6)cc5)n4)cc3)c2)cc1.c1ccc(-c2cc(-c3ccccc3)nc(-c3ccc(-c4nc(-c5ccc(-c6cc(-c7ccccc7)nc(-c7ccccc7)c6)cc5)cc5ccccc45)cc3)c2)cc1.c1cncc(-c2ccc(-c3cc4ccccc4c(-c4ccc(-c5cccnc5)nc4)n3)cn2)c1. The third-order valence-corrected chi connectivity index (χ3v) is 27.1. The van der Waals surface area contributed by atoms with Gasteiger partial charge < -0.3 is 0 Å². The van der Waals surface area contributed by atoms with E-state index in [1.54, 1.807) is 12.4 Å². The molecule has 0 radical (unpaired) electrons. The van der Waals surface area contributed by atoms with Gasteiger partial charge in [-0.05, 0) is 176 Å². The Morgan fingerprint density at radius 2 is 0.293 bits per heavy atom. The maximum atomic E-state index is 5.34. The van der Waals surface area contributed by atoms with Crippen LogP contribution in [-0.4, -0.2) is 54.8 Å². The Labute approximate surface area is 870 Å². The second-order valence-electron chi connectivity index (χ2n) is 36.8. The van der Waals surface area contributed by atoms with E-state index in [0.717, 1.165) is 257 Å². The molecule has 0 fully saturated rings. The predicted octanol–water partition coefficient (Wildman–Crippen LogP) is 35.2. The van der Waals surface area contributed by atoms with Crippen LogP contribution in [0.3, 0.4) is 0 Å². The molecule has 0 atom stereocenters. The molecule has 0 spiro atoms. The largest absolute Gasteiger partial charge is 0.264 e. The minimum absolute atomic E-state index is 0.871. The molecule has 26 aromatic rings. The van der Waals surface area contributed by atoms with Gasteiger partial charge in [-0.15, -0.1) is 0 Å². The second kappa shape index (κ2) is 42.7. The summed E-state index contributed by atoms with van der Waals surface area (Å²) < 4.78 is 0. The molecule has 0 aliphatic rings. The number of nitrogens with zero attached hydrogens (tertiary/aromatic N) is 11. The van der Waals surface area contributed by atoms with Crippen LogP contribution < -0.4 is 0 Å². The van der Waals surface area contributed by atoms with Crippen molar-refractivity contribution in [1.29, 1.82) is 0 Å². The van der Waals surface area contributed by atoms with Gasteiger partial charge in [-0.3, -0.25) is 19.9 Å². The van der Waals surface area contributed by atoms with Crippen molar-refractivity contribution in [3.05, 3.63) is 565 Å². The minimum Gasteiger partial charge on any atom is -0.264 e. The van der Waals surface area contributed by atoms with Crippen molar-refractivity contribution in [3.63, 3.8) is 0 Å². The van der Waals surface area contributed by atoms with E-state index in [4.69, 9.17) is 34.9 Å². The smallest absolute Gasteiger partial charge is 0.0803 e. The van der Waals surface area contributed by atoms with E-state index >= 15 is 0 Å². The van der Waals surface area contributed by atoms with E-state index in [1.165, 1.54) is 0 Å². The molecular weight excluding hydrogens is 1820 g/mol. The number of benzene rings is 15. The fourth-order valence-electron chi connectivity index (χ4n) is 19.3. The lowest BCUT2D eigenvalue weighted by molar-refractivity contribution is 1.25. The predicted molar refractivity (Wildman–Crippen MR) is 616 cm³/mol. The molecule has 11 heteroatoms. The van der Waals surface area contributed by atoms with Crippen molar-refractivity contribution in [2.45, 2.75) is 0 Å². The number of pyridine rings is 11. The van der Waals surface area contributed by atoms with Gasteiger partial charge in [0.1, 0.15) is 0 Å². The summed E-state index contributed by atoms with van der Waals surface area (Å²) in [5, 5.41) is 6.74. The molecule has 0 amide bonds. The number of rotatable bonds is 20. The topological polar surface area (TPSA) is 142 Å². The zero-order chi connectivity index (χ0) is 100. The first-order valence-corrected chi connectivity index (χ1v) is 50.2. The van der Waals surface area contributed by atoms with E-state index in [9.17, 15) is 0 Å². The average Bonchev–Trinajstić information content (AvgIpc) is 0.673. The van der Waals surface area contributed by atoms with Crippen LogP contribution in [0.2, 0.25) is 0 Å². The monoisotopic (exact) mass is 1920 g/mol. The maximum Gasteiger partial charge on any atom is 0.0803 e. The summed E-state index contributed by atoms with van der Waals surface area (Å²) in [6.07, 6.45) is 10.9. The van der Waals surface area contributed by atoms with Crippen molar-refractivity contribution in [2.75, 3.05) is 0 Å². The third kappa shape index (κ3) is 20.4. The minimum atomic E-state index is 0.871. The van der Waals surface area contributed by atoms with Gasteiger partial charge >= 0.3 is 0 Å². The Bertz CT molecular complexity index is 8590. The molecule has 0 aliphatic carbocycles. The van der Waals surface area contributed by atoms with Gasteiger partial charge in [0, 0.05) is 142 Å². The molecule has 0 bridgehead atoms. The van der Waals surface area contributed by atoms with Gasteiger partial charge in [-0.1, -0.05) is 413 Å². The highest BCUT2D eigenvalue weighted by atomic mass is 14.8. The molecular formula is C139H93N11. The van der Waals surface area contributed by atoms with E-state index < -0.39 is 0 Å². The molecule has 11 nitrogen and oxygen atoms in total. The highest BCUT2D eigenvalue weighted by molar-refractivity contribution is 6.01. The summed E-state index contributed by atoms with van der Waals surface area (Å²) in [4.78, 5) is 53.9. The first-order valence-electron chi connectivity index (χ1n) is 50.2. The third-order valence-electron chi connectivity index (χ3n) is 27.1. The molecule has 11 aromatic heterocycles. The van der Waals surface area contributed by atoms with E-state index in [1.807, 2.05) is 110 Å². The van der Waals surface area contributed by atoms with Gasteiger partial charge in [0.05, 0.1) is 91.1 Å². The summed E-state index contributed by atoms with van der Waals surface area (Å²) >= 11 is 0. The van der Waals surface area contributed by atoms with Crippen LogP contribution in [-0.2, 0) is 0 Å². The number of fused-ring (bicyclic) bond motifs is 3. The van der Waals surface area contributed by atoms with Crippen LogP contribution in [0.1, 0.15) is 0 Å². The molecule has 0 unspecified atom stereocenters. The summed E-state index contributed by atoms with van der Waals surface area (Å²) in [5.74, 6) is 0. The van der Waals surface area contributed by atoms with Crippen LogP contribution in [0.5, 0.6) is 0 Å². The van der Waals surface area contributed by atoms with Crippen LogP contribution in [0.4, 0.5) is 0 Å². The molecule has 0 N–H and O–H groups in total. The second-order valence-corrected chi connectivity index (χ2v) is 36.8. The number of hydrogen-bond donors (Lipinski definition) is 0. The van der Waals surface area contributed by atoms with Crippen LogP contribution in [0.15, 0.2) is 565 Å². The molecule has 15 aromatic carbocycles. The zero-order valence-electron chi connectivity index (χ0n) is 81.6. The molecule has 150 heavy (non-hydrogen) atoms. The Morgan fingerprint density at radius 3 is 0.547 bits per heavy atom. The summed E-state index contributed by atoms with van der Waals surface area (Å²) in [5.41, 5.74) is 40.7. The molecule has 0 saturated heterocycles. The molecule has 0 saturated carbocycles. The van der Waals surface area contributed by atoms with Gasteiger partial charge in [0.25, 0.3) is 0 Å². The van der Waals surface area contributed by atoms with Crippen LogP contribution >= 0.6 is 0 Å². The normalized spacial score (nSPS) is 11.1. The maximum absolute atomic E-state index is 5.34. The molecule has 704 valence electrons. The highest BCUT2D eigenvalue weighted by Crippen LogP contribution is 2.43. The van der Waals surface area contributed by atoms with Crippen molar-refractivity contribution in [1.82, 2.24) is 54.8 Å². The van der Waals surface area contributed by atoms with Crippen molar-refractivity contribution < 1.29 is 0 Å². The van der Waals surface area contributed by atoms with E-state index in [-0.39, 0.29) is 0 Å². The zero-order valence-corrected chi connectivity index (χ0v) is 81.6. The summed E-state index contributed by atoms with van der Waals surface area (Å²) in [6, 6.07) is 183. The van der Waals surface area contributed by atoms with Gasteiger partial charge in [-0.2, -0.15) is 0 Å². The standard InChI is InChI=1S/2C55H37N3.C29H19N5/c1-5-15-38(16-6-1)47-34-50(40-17-7-2-8-18-40)57-53(35-47)43-27-29-44(30-28-43)54-33-46-23-13-14-24-49(46)55(58-54)45-31-25-39(26-32-45)48-36-51(41-19-9-3-10-20-41)56-52(37-48)42-21-11-4-12-22-42;1-5-15-38(16-6-1)47-34-50(40-17-7-2-8-18-40)57-53(35-47)43-29-31-45(32-30-43)55-49-24-14-13-23-46(49)33-54(58-55)44-27-25-39(26-28-44)48-36-51(41-19-9-3-10-20-41)56-52(37-48)42-21-11-4-12-22-42;1-2-8-25-20(5-1)15-28(23-9-11-26(32-18-23)21-6-3-13-30-16-21)34-29(25)24-10-12-27(33-19-24)22-7-4-14-31-17-22/h2*1-37H;1-19H. The van der Waals surface area contributed by atoms with Crippen LogP contribution in [0.25, 0.3) is 257 Å². The van der Waals surface area contributed by atoms with Gasteiger partial charge in [0.15, 0.2) is 0 Å². The summed E-state index contributed by atoms with van der Waals surface area (Å²) in [6.45, 7) is 0. The summed E-state index contributed by atoms with van der Waals surface area (Å²) in [7, 11) is 0. The van der Waals surface area contributed by atoms with Crippen LogP contribution in [0, 0.1) is 0 Å². The Balaban J connectivity index is 0.000000124. The lowest BCUT2D eigenvalue weighted by atomic mass is 9.96. The molecule has 11 heterocycles. The Kier molecular flexibility index (Phi) is 26.2. The van der Waals surface area contributed by atoms with Crippen molar-refractivity contribution >= 4 is 32.3 Å². The number of aromatic nitrogens is 11. The number of hydrogen-bond acceptors (Lipinski definition) is 11. The van der Waals surface area contributed by atoms with E-state index in [2.05, 4.69) is 463 Å². The fourth-order valence-corrected chi connectivity index (χ4v) is 19.3. The van der Waals surface area contributed by atoms with E-state index in [0.29, 0.717) is 0 Å². The van der Waals surface area contributed by atoms with Crippen molar-refractivity contribution in [2.24, 2.45) is 0 Å². The quantitative estimate of drug-likeness (QED) is 0.0720. The first-order chi connectivity index (χ1) is 74.3. The lowest BCUT2D eigenvalue weighted by Gasteiger charge is -2.13. The Hall–Kier alpha value is -20.3.